The number of ether oxygens (including phenoxy) is 2. The molecule has 10 heteroatoms. The third-order valence-electron chi connectivity index (χ3n) is 4.54. The molecule has 2 aromatic carbocycles. The molecule has 1 heterocycles. The van der Waals surface area contributed by atoms with E-state index in [0.717, 1.165) is 0 Å². The molecule has 0 aromatic heterocycles. The van der Waals surface area contributed by atoms with Gasteiger partial charge in [-0.3, -0.25) is 20.4 Å². The molecule has 2 N–H and O–H groups in total. The Balaban J connectivity index is 1.72. The normalized spacial score (nSPS) is 13.0. The van der Waals surface area contributed by atoms with E-state index in [9.17, 15) is 18.0 Å². The van der Waals surface area contributed by atoms with Gasteiger partial charge in [0.25, 0.3) is 11.8 Å². The van der Waals surface area contributed by atoms with Gasteiger partial charge in [-0.2, -0.15) is 4.31 Å². The van der Waals surface area contributed by atoms with E-state index in [2.05, 4.69) is 10.9 Å². The minimum absolute atomic E-state index is 0.00727. The molecule has 1 aliphatic rings. The summed E-state index contributed by atoms with van der Waals surface area (Å²) in [5.41, 5.74) is 4.92. The van der Waals surface area contributed by atoms with Crippen molar-refractivity contribution in [1.82, 2.24) is 15.2 Å². The molecule has 2 amide bonds. The third-order valence-corrected chi connectivity index (χ3v) is 6.59. The molecule has 0 fully saturated rings. The Morgan fingerprint density at radius 3 is 2.37 bits per heavy atom. The highest BCUT2D eigenvalue weighted by Gasteiger charge is 2.23. The van der Waals surface area contributed by atoms with E-state index in [1.54, 1.807) is 32.0 Å². The molecular weight excluding hydrogens is 410 g/mol. The first-order chi connectivity index (χ1) is 14.4. The van der Waals surface area contributed by atoms with Crippen LogP contribution in [0.5, 0.6) is 11.5 Å². The van der Waals surface area contributed by atoms with Crippen LogP contribution in [0.1, 0.15) is 34.6 Å². The maximum atomic E-state index is 12.7. The molecule has 160 valence electrons. The number of fused-ring (bicyclic) bond motifs is 1. The zero-order valence-corrected chi connectivity index (χ0v) is 17.5. The van der Waals surface area contributed by atoms with Gasteiger partial charge in [0.1, 0.15) is 13.2 Å². The molecule has 1 aliphatic heterocycles. The summed E-state index contributed by atoms with van der Waals surface area (Å²) in [7, 11) is -3.71. The number of sulfonamides is 1. The van der Waals surface area contributed by atoms with Crippen LogP contribution >= 0.6 is 0 Å². The quantitative estimate of drug-likeness (QED) is 0.669. The Morgan fingerprint density at radius 1 is 0.967 bits per heavy atom. The fourth-order valence-corrected chi connectivity index (χ4v) is 4.52. The Bertz CT molecular complexity index is 1050. The summed E-state index contributed by atoms with van der Waals surface area (Å²) in [5.74, 6) is -0.475. The second-order valence-electron chi connectivity index (χ2n) is 6.36. The lowest BCUT2D eigenvalue weighted by Crippen LogP contribution is -2.42. The average molecular weight is 433 g/mol. The van der Waals surface area contributed by atoms with E-state index in [0.29, 0.717) is 37.8 Å². The molecule has 0 unspecified atom stereocenters. The van der Waals surface area contributed by atoms with Crippen molar-refractivity contribution < 1.29 is 27.5 Å². The maximum absolute atomic E-state index is 12.7. The van der Waals surface area contributed by atoms with Crippen LogP contribution in [-0.4, -0.2) is 50.8 Å². The summed E-state index contributed by atoms with van der Waals surface area (Å²) >= 11 is 0. The number of carbonyl (C=O) groups is 2. The monoisotopic (exact) mass is 433 g/mol. The first-order valence-electron chi connectivity index (χ1n) is 9.48. The SMILES string of the molecule is CCN(CC)S(=O)(=O)c1cccc(C(=O)NNC(=O)c2cccc3c2OCCO3)c1. The molecule has 30 heavy (non-hydrogen) atoms. The summed E-state index contributed by atoms with van der Waals surface area (Å²) in [6.07, 6.45) is 0. The summed E-state index contributed by atoms with van der Waals surface area (Å²) in [6, 6.07) is 10.5. The number of hydrazine groups is 1. The number of benzene rings is 2. The summed E-state index contributed by atoms with van der Waals surface area (Å²) < 4.78 is 37.5. The molecule has 9 nitrogen and oxygen atoms in total. The van der Waals surface area contributed by atoms with E-state index in [1.807, 2.05) is 0 Å². The topological polar surface area (TPSA) is 114 Å². The number of nitrogens with zero attached hydrogens (tertiary/aromatic N) is 1. The minimum Gasteiger partial charge on any atom is -0.486 e. The molecule has 0 radical (unpaired) electrons. The van der Waals surface area contributed by atoms with Crippen LogP contribution in [0.3, 0.4) is 0 Å². The molecule has 2 aromatic rings. The number of rotatable bonds is 6. The van der Waals surface area contributed by atoms with Crippen molar-refractivity contribution in [3.05, 3.63) is 53.6 Å². The van der Waals surface area contributed by atoms with Crippen molar-refractivity contribution in [3.63, 3.8) is 0 Å². The molecule has 0 bridgehead atoms. The average Bonchev–Trinajstić information content (AvgIpc) is 2.77. The molecule has 0 saturated carbocycles. The van der Waals surface area contributed by atoms with Crippen LogP contribution in [0.15, 0.2) is 47.4 Å². The smallest absolute Gasteiger partial charge is 0.273 e. The van der Waals surface area contributed by atoms with Crippen molar-refractivity contribution in [2.75, 3.05) is 26.3 Å². The van der Waals surface area contributed by atoms with E-state index < -0.39 is 21.8 Å². The predicted octanol–water partition coefficient (Wildman–Crippen LogP) is 1.56. The lowest BCUT2D eigenvalue weighted by Gasteiger charge is -2.20. The Morgan fingerprint density at radius 2 is 1.63 bits per heavy atom. The fraction of sp³-hybridized carbons (Fsp3) is 0.300. The van der Waals surface area contributed by atoms with Crippen molar-refractivity contribution >= 4 is 21.8 Å². The van der Waals surface area contributed by atoms with Crippen molar-refractivity contribution in [2.24, 2.45) is 0 Å². The highest BCUT2D eigenvalue weighted by atomic mass is 32.2. The third kappa shape index (κ3) is 4.39. The standard InChI is InChI=1S/C20H23N3O6S/c1-3-23(4-2)30(26,27)15-8-5-7-14(13-15)19(24)21-22-20(25)16-9-6-10-17-18(16)29-12-11-28-17/h5-10,13H,3-4,11-12H2,1-2H3,(H,21,24)(H,22,25). The fourth-order valence-electron chi connectivity index (χ4n) is 3.02. The lowest BCUT2D eigenvalue weighted by atomic mass is 10.1. The summed E-state index contributed by atoms with van der Waals surface area (Å²) in [6.45, 7) is 4.82. The highest BCUT2D eigenvalue weighted by Crippen LogP contribution is 2.33. The molecule has 0 saturated heterocycles. The van der Waals surface area contributed by atoms with Crippen LogP contribution < -0.4 is 20.3 Å². The zero-order valence-electron chi connectivity index (χ0n) is 16.7. The maximum Gasteiger partial charge on any atom is 0.273 e. The summed E-state index contributed by atoms with van der Waals surface area (Å²) in [4.78, 5) is 25.0. The van der Waals surface area contributed by atoms with E-state index >= 15 is 0 Å². The van der Waals surface area contributed by atoms with Gasteiger partial charge >= 0.3 is 0 Å². The predicted molar refractivity (Wildman–Crippen MR) is 109 cm³/mol. The van der Waals surface area contributed by atoms with Gasteiger partial charge in [-0.05, 0) is 30.3 Å². The van der Waals surface area contributed by atoms with Crippen LogP contribution in [0.25, 0.3) is 0 Å². The van der Waals surface area contributed by atoms with Gasteiger partial charge in [-0.15, -0.1) is 0 Å². The molecule has 0 atom stereocenters. The summed E-state index contributed by atoms with van der Waals surface area (Å²) in [5, 5.41) is 0. The zero-order chi connectivity index (χ0) is 21.7. The second-order valence-corrected chi connectivity index (χ2v) is 8.29. The molecule has 0 aliphatic carbocycles. The molecule has 3 rings (SSSR count). The molecule has 0 spiro atoms. The van der Waals surface area contributed by atoms with Gasteiger partial charge in [0.05, 0.1) is 10.5 Å². The number of hydrogen-bond donors (Lipinski definition) is 2. The number of nitrogens with one attached hydrogen (secondary N) is 2. The van der Waals surface area contributed by atoms with Crippen molar-refractivity contribution in [1.29, 1.82) is 0 Å². The Labute approximate surface area is 175 Å². The van der Waals surface area contributed by atoms with Gasteiger partial charge in [0, 0.05) is 18.7 Å². The van der Waals surface area contributed by atoms with Crippen molar-refractivity contribution in [3.8, 4) is 11.5 Å². The number of carbonyl (C=O) groups excluding carboxylic acids is 2. The van der Waals surface area contributed by atoms with Crippen LogP contribution in [-0.2, 0) is 10.0 Å². The first-order valence-corrected chi connectivity index (χ1v) is 10.9. The molecular formula is C20H23N3O6S. The number of hydrogen-bond acceptors (Lipinski definition) is 6. The largest absolute Gasteiger partial charge is 0.486 e. The van der Waals surface area contributed by atoms with Crippen LogP contribution in [0.2, 0.25) is 0 Å². The second kappa shape index (κ2) is 9.14. The van der Waals surface area contributed by atoms with E-state index in [1.165, 1.54) is 28.6 Å². The van der Waals surface area contributed by atoms with E-state index in [-0.39, 0.29) is 16.0 Å². The lowest BCUT2D eigenvalue weighted by molar-refractivity contribution is 0.0841. The Hall–Kier alpha value is -3.11. The Kier molecular flexibility index (Phi) is 6.58. The number of para-hydroxylation sites is 1. The minimum atomic E-state index is -3.71. The van der Waals surface area contributed by atoms with Gasteiger partial charge in [-0.25, -0.2) is 8.42 Å². The first kappa shape index (κ1) is 21.6. The van der Waals surface area contributed by atoms with Crippen LogP contribution in [0.4, 0.5) is 0 Å². The van der Waals surface area contributed by atoms with Gasteiger partial charge < -0.3 is 9.47 Å². The van der Waals surface area contributed by atoms with Crippen molar-refractivity contribution in [2.45, 2.75) is 18.7 Å². The highest BCUT2D eigenvalue weighted by molar-refractivity contribution is 7.89. The van der Waals surface area contributed by atoms with Gasteiger partial charge in [-0.1, -0.05) is 26.0 Å². The van der Waals surface area contributed by atoms with Crippen LogP contribution in [0, 0.1) is 0 Å². The number of amides is 2. The van der Waals surface area contributed by atoms with Gasteiger partial charge in [0.15, 0.2) is 11.5 Å². The van der Waals surface area contributed by atoms with E-state index in [4.69, 9.17) is 9.47 Å². The van der Waals surface area contributed by atoms with Gasteiger partial charge in [0.2, 0.25) is 10.0 Å².